The smallest absolute Gasteiger partial charge is 0.310 e. The number of rotatable bonds is 6. The minimum absolute atomic E-state index is 0.00324. The normalized spacial score (nSPS) is 24.5. The Morgan fingerprint density at radius 2 is 1.73 bits per heavy atom. The molecule has 1 N–H and O–H groups in total. The highest BCUT2D eigenvalue weighted by atomic mass is 35.5. The molecular formula is C24H24ClNO4. The van der Waals surface area contributed by atoms with E-state index in [1.54, 1.807) is 30.3 Å². The van der Waals surface area contributed by atoms with Gasteiger partial charge in [0.25, 0.3) is 5.91 Å². The molecule has 2 bridgehead atoms. The average molecular weight is 426 g/mol. The number of aryl methyl sites for hydroxylation is 1. The van der Waals surface area contributed by atoms with Crippen molar-refractivity contribution in [3.05, 3.63) is 64.7 Å². The lowest BCUT2D eigenvalue weighted by atomic mass is 9.75. The number of halogens is 1. The van der Waals surface area contributed by atoms with E-state index in [0.717, 1.165) is 24.8 Å². The summed E-state index contributed by atoms with van der Waals surface area (Å²) in [5, 5.41) is 3.23. The minimum Gasteiger partial charge on any atom is -0.455 e. The lowest BCUT2D eigenvalue weighted by Gasteiger charge is -2.28. The molecule has 0 radical (unpaired) electrons. The van der Waals surface area contributed by atoms with Gasteiger partial charge in [-0.05, 0) is 55.7 Å². The van der Waals surface area contributed by atoms with Gasteiger partial charge in [0.15, 0.2) is 12.4 Å². The standard InChI is InChI=1S/C24H24ClNO4/c1-14-7-10-18(12-19(14)25)26-20(27)13-30-24(29)22-17-9-8-16(11-17)21(22)23(28)15-5-3-2-4-6-15/h2-7,10,12,16-17,21-22H,8-9,11,13H2,1H3,(H,26,27)/t16-,17-,21+,22+/m0/s1. The number of benzene rings is 2. The van der Waals surface area contributed by atoms with Crippen molar-refractivity contribution in [1.82, 2.24) is 0 Å². The van der Waals surface area contributed by atoms with Crippen LogP contribution in [-0.4, -0.2) is 24.3 Å². The molecule has 0 saturated heterocycles. The van der Waals surface area contributed by atoms with Crippen molar-refractivity contribution in [2.24, 2.45) is 23.7 Å². The average Bonchev–Trinajstić information content (AvgIpc) is 3.36. The van der Waals surface area contributed by atoms with Crippen LogP contribution in [0.25, 0.3) is 0 Å². The van der Waals surface area contributed by atoms with Crippen LogP contribution in [0.4, 0.5) is 5.69 Å². The number of ketones is 1. The predicted molar refractivity (Wildman–Crippen MR) is 114 cm³/mol. The molecule has 156 valence electrons. The number of nitrogens with one attached hydrogen (secondary N) is 1. The van der Waals surface area contributed by atoms with E-state index in [-0.39, 0.29) is 30.1 Å². The van der Waals surface area contributed by atoms with E-state index in [4.69, 9.17) is 16.3 Å². The minimum atomic E-state index is -0.474. The highest BCUT2D eigenvalue weighted by Crippen LogP contribution is 2.53. The summed E-state index contributed by atoms with van der Waals surface area (Å²) in [7, 11) is 0. The summed E-state index contributed by atoms with van der Waals surface area (Å²) in [5.74, 6) is -1.35. The topological polar surface area (TPSA) is 72.5 Å². The molecule has 1 amide bonds. The zero-order valence-corrected chi connectivity index (χ0v) is 17.5. The van der Waals surface area contributed by atoms with Crippen molar-refractivity contribution >= 4 is 34.9 Å². The summed E-state index contributed by atoms with van der Waals surface area (Å²) >= 11 is 6.07. The van der Waals surface area contributed by atoms with Crippen LogP contribution in [0.3, 0.4) is 0 Å². The molecule has 5 nitrogen and oxygen atoms in total. The van der Waals surface area contributed by atoms with E-state index < -0.39 is 17.8 Å². The van der Waals surface area contributed by atoms with E-state index in [9.17, 15) is 14.4 Å². The summed E-state index contributed by atoms with van der Waals surface area (Å²) in [6, 6.07) is 14.3. The summed E-state index contributed by atoms with van der Waals surface area (Å²) < 4.78 is 5.35. The SMILES string of the molecule is Cc1ccc(NC(=O)COC(=O)[C@@H]2[C@H]3CC[C@@H](C3)[C@H]2C(=O)c2ccccc2)cc1Cl. The zero-order valence-electron chi connectivity index (χ0n) is 16.8. The summed E-state index contributed by atoms with van der Waals surface area (Å²) in [6.07, 6.45) is 2.76. The third-order valence-corrected chi connectivity index (χ3v) is 6.76. The molecule has 2 aliphatic rings. The number of ether oxygens (including phenoxy) is 1. The van der Waals surface area contributed by atoms with Gasteiger partial charge in [0, 0.05) is 22.2 Å². The molecule has 30 heavy (non-hydrogen) atoms. The van der Waals surface area contributed by atoms with Gasteiger partial charge in [-0.2, -0.15) is 0 Å². The predicted octanol–water partition coefficient (Wildman–Crippen LogP) is 4.68. The van der Waals surface area contributed by atoms with Gasteiger partial charge in [-0.15, -0.1) is 0 Å². The first kappa shape index (κ1) is 20.6. The first-order chi connectivity index (χ1) is 14.4. The molecule has 0 aromatic heterocycles. The number of carbonyl (C=O) groups is 3. The van der Waals surface area contributed by atoms with Crippen molar-refractivity contribution < 1.29 is 19.1 Å². The molecule has 2 aromatic carbocycles. The second-order valence-electron chi connectivity index (χ2n) is 8.23. The van der Waals surface area contributed by atoms with Gasteiger partial charge in [-0.1, -0.05) is 48.0 Å². The molecular weight excluding hydrogens is 402 g/mol. The van der Waals surface area contributed by atoms with E-state index in [1.807, 2.05) is 25.1 Å². The Bertz CT molecular complexity index is 974. The van der Waals surface area contributed by atoms with Crippen LogP contribution in [0.15, 0.2) is 48.5 Å². The van der Waals surface area contributed by atoms with Crippen molar-refractivity contribution in [3.63, 3.8) is 0 Å². The Morgan fingerprint density at radius 3 is 2.43 bits per heavy atom. The molecule has 0 heterocycles. The van der Waals surface area contributed by atoms with Crippen LogP contribution in [0.2, 0.25) is 5.02 Å². The maximum absolute atomic E-state index is 13.1. The van der Waals surface area contributed by atoms with E-state index >= 15 is 0 Å². The molecule has 4 rings (SSSR count). The van der Waals surface area contributed by atoms with Crippen LogP contribution >= 0.6 is 11.6 Å². The Hall–Kier alpha value is -2.66. The van der Waals surface area contributed by atoms with Crippen LogP contribution in [0, 0.1) is 30.6 Å². The fourth-order valence-electron chi connectivity index (χ4n) is 4.90. The zero-order chi connectivity index (χ0) is 21.3. The summed E-state index contributed by atoms with van der Waals surface area (Å²) in [6.45, 7) is 1.49. The Morgan fingerprint density at radius 1 is 1.03 bits per heavy atom. The molecule has 2 aromatic rings. The molecule has 2 saturated carbocycles. The van der Waals surface area contributed by atoms with E-state index in [2.05, 4.69) is 5.32 Å². The van der Waals surface area contributed by atoms with Crippen molar-refractivity contribution in [2.45, 2.75) is 26.2 Å². The number of carbonyl (C=O) groups excluding carboxylic acids is 3. The lowest BCUT2D eigenvalue weighted by molar-refractivity contribution is -0.154. The number of hydrogen-bond acceptors (Lipinski definition) is 4. The van der Waals surface area contributed by atoms with Gasteiger partial charge in [0.1, 0.15) is 0 Å². The number of amides is 1. The summed E-state index contributed by atoms with van der Waals surface area (Å²) in [5.41, 5.74) is 2.08. The fraction of sp³-hybridized carbons (Fsp3) is 0.375. The summed E-state index contributed by atoms with van der Waals surface area (Å²) in [4.78, 5) is 38.2. The first-order valence-electron chi connectivity index (χ1n) is 10.3. The maximum Gasteiger partial charge on any atom is 0.310 e. The lowest BCUT2D eigenvalue weighted by Crippen LogP contribution is -2.37. The van der Waals surface area contributed by atoms with Crippen molar-refractivity contribution in [1.29, 1.82) is 0 Å². The number of anilines is 1. The second-order valence-corrected chi connectivity index (χ2v) is 8.64. The largest absolute Gasteiger partial charge is 0.455 e. The van der Waals surface area contributed by atoms with Gasteiger partial charge in [-0.3, -0.25) is 14.4 Å². The third-order valence-electron chi connectivity index (χ3n) is 6.35. The third kappa shape index (κ3) is 4.12. The molecule has 0 spiro atoms. The highest BCUT2D eigenvalue weighted by Gasteiger charge is 2.54. The Balaban J connectivity index is 1.39. The van der Waals surface area contributed by atoms with Crippen LogP contribution in [0.5, 0.6) is 0 Å². The molecule has 0 aliphatic heterocycles. The highest BCUT2D eigenvalue weighted by molar-refractivity contribution is 6.31. The number of Topliss-reactive ketones (excluding diaryl/α,β-unsaturated/α-hetero) is 1. The Kier molecular flexibility index (Phi) is 5.91. The van der Waals surface area contributed by atoms with Gasteiger partial charge >= 0.3 is 5.97 Å². The van der Waals surface area contributed by atoms with Gasteiger partial charge in [-0.25, -0.2) is 0 Å². The molecule has 4 atom stereocenters. The number of fused-ring (bicyclic) bond motifs is 2. The second kappa shape index (κ2) is 8.60. The van der Waals surface area contributed by atoms with Gasteiger partial charge in [0.2, 0.25) is 0 Å². The molecule has 2 aliphatic carbocycles. The van der Waals surface area contributed by atoms with Crippen LogP contribution in [-0.2, 0) is 14.3 Å². The van der Waals surface area contributed by atoms with E-state index in [1.165, 1.54) is 0 Å². The Labute approximate surface area is 180 Å². The molecule has 0 unspecified atom stereocenters. The fourth-order valence-corrected chi connectivity index (χ4v) is 5.08. The van der Waals surface area contributed by atoms with Crippen molar-refractivity contribution in [3.8, 4) is 0 Å². The van der Waals surface area contributed by atoms with Gasteiger partial charge < -0.3 is 10.1 Å². The molecule has 6 heteroatoms. The number of esters is 1. The van der Waals surface area contributed by atoms with E-state index in [0.29, 0.717) is 16.3 Å². The van der Waals surface area contributed by atoms with Crippen LogP contribution in [0.1, 0.15) is 35.2 Å². The number of hydrogen-bond donors (Lipinski definition) is 1. The molecule has 2 fully saturated rings. The quantitative estimate of drug-likeness (QED) is 0.539. The monoisotopic (exact) mass is 425 g/mol. The first-order valence-corrected chi connectivity index (χ1v) is 10.6. The van der Waals surface area contributed by atoms with Gasteiger partial charge in [0.05, 0.1) is 5.92 Å². The van der Waals surface area contributed by atoms with Crippen molar-refractivity contribution in [2.75, 3.05) is 11.9 Å². The van der Waals surface area contributed by atoms with Crippen LogP contribution < -0.4 is 5.32 Å². The maximum atomic E-state index is 13.1.